The Kier molecular flexibility index (Phi) is 4.77. The van der Waals surface area contributed by atoms with Crippen LogP contribution in [0, 0.1) is 6.92 Å². The normalized spacial score (nSPS) is 12.9. The highest BCUT2D eigenvalue weighted by molar-refractivity contribution is 6.33. The van der Waals surface area contributed by atoms with Crippen molar-refractivity contribution in [2.24, 2.45) is 0 Å². The van der Waals surface area contributed by atoms with Gasteiger partial charge in [-0.05, 0) is 43.0 Å². The van der Waals surface area contributed by atoms with Crippen LogP contribution in [0.15, 0.2) is 18.2 Å². The van der Waals surface area contributed by atoms with E-state index in [1.165, 1.54) is 12.8 Å². The topological polar surface area (TPSA) is 0 Å². The second-order valence-corrected chi connectivity index (χ2v) is 4.35. The first-order valence-electron chi connectivity index (χ1n) is 4.93. The molecule has 0 N–H and O–H groups in total. The second kappa shape index (κ2) is 5.63. The van der Waals surface area contributed by atoms with Gasteiger partial charge >= 0.3 is 0 Å². The van der Waals surface area contributed by atoms with E-state index in [-0.39, 0.29) is 5.92 Å². The SMILES string of the molecule is [CH2]C(CCCC)c1cc(Cl)ccc1Cl. The highest BCUT2D eigenvalue weighted by Crippen LogP contribution is 2.30. The third kappa shape index (κ3) is 3.18. The summed E-state index contributed by atoms with van der Waals surface area (Å²) in [5.41, 5.74) is 1.06. The Hall–Kier alpha value is -0.200. The van der Waals surface area contributed by atoms with Gasteiger partial charge in [0.2, 0.25) is 0 Å². The first-order chi connectivity index (χ1) is 6.65. The molecule has 2 heteroatoms. The molecule has 1 aromatic rings. The van der Waals surface area contributed by atoms with Crippen molar-refractivity contribution in [3.63, 3.8) is 0 Å². The highest BCUT2D eigenvalue weighted by Gasteiger charge is 2.09. The summed E-state index contributed by atoms with van der Waals surface area (Å²) in [6.07, 6.45) is 3.43. The van der Waals surface area contributed by atoms with Crippen LogP contribution >= 0.6 is 23.2 Å². The molecule has 1 rings (SSSR count). The Morgan fingerprint density at radius 3 is 2.71 bits per heavy atom. The molecule has 1 aromatic carbocycles. The van der Waals surface area contributed by atoms with Crippen LogP contribution in [0.4, 0.5) is 0 Å². The van der Waals surface area contributed by atoms with Gasteiger partial charge in [0.1, 0.15) is 0 Å². The first kappa shape index (κ1) is 11.9. The molecule has 0 amide bonds. The van der Waals surface area contributed by atoms with E-state index >= 15 is 0 Å². The third-order valence-corrected chi connectivity index (χ3v) is 2.88. The van der Waals surface area contributed by atoms with E-state index in [1.807, 2.05) is 12.1 Å². The summed E-state index contributed by atoms with van der Waals surface area (Å²) < 4.78 is 0. The minimum absolute atomic E-state index is 0.251. The van der Waals surface area contributed by atoms with Gasteiger partial charge in [0.05, 0.1) is 0 Å². The molecule has 0 aliphatic rings. The quantitative estimate of drug-likeness (QED) is 0.674. The molecular formula is C12H15Cl2. The molecule has 0 aromatic heterocycles. The molecule has 0 spiro atoms. The van der Waals surface area contributed by atoms with Crippen LogP contribution in [0.2, 0.25) is 10.0 Å². The van der Waals surface area contributed by atoms with Gasteiger partial charge in [0, 0.05) is 10.0 Å². The fraction of sp³-hybridized carbons (Fsp3) is 0.417. The zero-order valence-corrected chi connectivity index (χ0v) is 9.91. The number of unbranched alkanes of at least 4 members (excludes halogenated alkanes) is 1. The molecule has 14 heavy (non-hydrogen) atoms. The van der Waals surface area contributed by atoms with Crippen LogP contribution in [0.5, 0.6) is 0 Å². The van der Waals surface area contributed by atoms with Crippen LogP contribution in [-0.4, -0.2) is 0 Å². The minimum atomic E-state index is 0.251. The Morgan fingerprint density at radius 2 is 2.07 bits per heavy atom. The van der Waals surface area contributed by atoms with Crippen LogP contribution < -0.4 is 0 Å². The zero-order chi connectivity index (χ0) is 10.6. The highest BCUT2D eigenvalue weighted by atomic mass is 35.5. The van der Waals surface area contributed by atoms with Crippen LogP contribution in [0.25, 0.3) is 0 Å². The summed E-state index contributed by atoms with van der Waals surface area (Å²) in [5.74, 6) is 0.251. The third-order valence-electron chi connectivity index (χ3n) is 2.30. The molecule has 0 heterocycles. The van der Waals surface area contributed by atoms with Gasteiger partial charge in [-0.3, -0.25) is 0 Å². The summed E-state index contributed by atoms with van der Waals surface area (Å²) in [5, 5.41) is 1.50. The Morgan fingerprint density at radius 1 is 1.36 bits per heavy atom. The minimum Gasteiger partial charge on any atom is -0.0843 e. The van der Waals surface area contributed by atoms with Gasteiger partial charge in [-0.25, -0.2) is 0 Å². The van der Waals surface area contributed by atoms with Gasteiger partial charge < -0.3 is 0 Å². The van der Waals surface area contributed by atoms with E-state index < -0.39 is 0 Å². The molecule has 0 aliphatic carbocycles. The van der Waals surface area contributed by atoms with Gasteiger partial charge in [0.25, 0.3) is 0 Å². The zero-order valence-electron chi connectivity index (χ0n) is 8.39. The predicted molar refractivity (Wildman–Crippen MR) is 64.1 cm³/mol. The maximum atomic E-state index is 6.07. The van der Waals surface area contributed by atoms with E-state index in [9.17, 15) is 0 Å². The first-order valence-corrected chi connectivity index (χ1v) is 5.68. The lowest BCUT2D eigenvalue weighted by Gasteiger charge is -2.13. The summed E-state index contributed by atoms with van der Waals surface area (Å²) in [4.78, 5) is 0. The Bertz CT molecular complexity index is 294. The average molecular weight is 230 g/mol. The van der Waals surface area contributed by atoms with E-state index in [4.69, 9.17) is 23.2 Å². The fourth-order valence-electron chi connectivity index (χ4n) is 1.43. The number of halogens is 2. The van der Waals surface area contributed by atoms with Gasteiger partial charge in [-0.1, -0.05) is 43.0 Å². The summed E-state index contributed by atoms with van der Waals surface area (Å²) in [6.45, 7) is 6.28. The van der Waals surface area contributed by atoms with Gasteiger partial charge in [-0.15, -0.1) is 0 Å². The van der Waals surface area contributed by atoms with Crippen LogP contribution in [-0.2, 0) is 0 Å². The van der Waals surface area contributed by atoms with Crippen molar-refractivity contribution in [3.05, 3.63) is 40.7 Å². The van der Waals surface area contributed by atoms with Crippen molar-refractivity contribution >= 4 is 23.2 Å². The van der Waals surface area contributed by atoms with Gasteiger partial charge in [-0.2, -0.15) is 0 Å². The number of rotatable bonds is 4. The lowest BCUT2D eigenvalue weighted by atomic mass is 9.95. The van der Waals surface area contributed by atoms with Crippen molar-refractivity contribution in [2.45, 2.75) is 32.1 Å². The molecule has 1 unspecified atom stereocenters. The summed E-state index contributed by atoms with van der Waals surface area (Å²) >= 11 is 12.0. The molecule has 1 atom stereocenters. The number of benzene rings is 1. The van der Waals surface area contributed by atoms with Crippen molar-refractivity contribution in [3.8, 4) is 0 Å². The number of hydrogen-bond donors (Lipinski definition) is 0. The van der Waals surface area contributed by atoms with Crippen LogP contribution in [0.1, 0.15) is 37.7 Å². The molecule has 0 nitrogen and oxygen atoms in total. The number of hydrogen-bond acceptors (Lipinski definition) is 0. The predicted octanol–water partition coefficient (Wildman–Crippen LogP) is 5.10. The van der Waals surface area contributed by atoms with Crippen molar-refractivity contribution in [1.82, 2.24) is 0 Å². The molecule has 0 saturated heterocycles. The molecule has 0 aliphatic heterocycles. The monoisotopic (exact) mass is 229 g/mol. The maximum absolute atomic E-state index is 6.07. The van der Waals surface area contributed by atoms with E-state index in [1.54, 1.807) is 6.07 Å². The lowest BCUT2D eigenvalue weighted by Crippen LogP contribution is -1.95. The summed E-state index contributed by atoms with van der Waals surface area (Å²) in [7, 11) is 0. The van der Waals surface area contributed by atoms with Crippen molar-refractivity contribution in [2.75, 3.05) is 0 Å². The molecule has 0 bridgehead atoms. The molecule has 0 saturated carbocycles. The molecule has 77 valence electrons. The maximum Gasteiger partial charge on any atom is 0.0441 e. The Labute approximate surface area is 96.2 Å². The van der Waals surface area contributed by atoms with Gasteiger partial charge in [0.15, 0.2) is 0 Å². The average Bonchev–Trinajstić information content (AvgIpc) is 2.18. The largest absolute Gasteiger partial charge is 0.0843 e. The van der Waals surface area contributed by atoms with E-state index in [0.717, 1.165) is 22.0 Å². The van der Waals surface area contributed by atoms with Crippen molar-refractivity contribution < 1.29 is 0 Å². The standard InChI is InChI=1S/C12H15Cl2/c1-3-4-5-9(2)11-8-10(13)6-7-12(11)14/h6-9H,2-5H2,1H3. The molecule has 0 fully saturated rings. The fourth-order valence-corrected chi connectivity index (χ4v) is 1.89. The smallest absolute Gasteiger partial charge is 0.0441 e. The molecular weight excluding hydrogens is 215 g/mol. The van der Waals surface area contributed by atoms with Crippen molar-refractivity contribution in [1.29, 1.82) is 0 Å². The lowest BCUT2D eigenvalue weighted by molar-refractivity contribution is 0.661. The van der Waals surface area contributed by atoms with E-state index in [0.29, 0.717) is 0 Å². The Balaban J connectivity index is 2.77. The van der Waals surface area contributed by atoms with E-state index in [2.05, 4.69) is 13.8 Å². The second-order valence-electron chi connectivity index (χ2n) is 3.50. The summed E-state index contributed by atoms with van der Waals surface area (Å²) in [6, 6.07) is 5.56. The van der Waals surface area contributed by atoms with Crippen LogP contribution in [0.3, 0.4) is 0 Å². The molecule has 1 radical (unpaired) electrons.